The maximum absolute atomic E-state index is 15.1. The molecular weight excluding hydrogens is 809 g/mol. The van der Waals surface area contributed by atoms with Gasteiger partial charge in [0.1, 0.15) is 21.9 Å². The van der Waals surface area contributed by atoms with Gasteiger partial charge in [-0.25, -0.2) is 4.98 Å². The number of aliphatic carboxylic acids is 1. The van der Waals surface area contributed by atoms with Gasteiger partial charge in [-0.2, -0.15) is 26.3 Å². The standard InChI is InChI=1S/C41H45F6N3O8S/c1-37(2,36(53)54)17-23-56-29-11-7-6-10-27(29)38(55)15-20-49(21-16-38)35(52)39(58-26-24-31(59-25-26)41(45,46)47)14-9-19-50-30(39)12-5-3-4-8-22-57-33-32(34(50)51)28(13-18-48-33)40(42,43)44/h3,5-7,10-11,13,18,24-25,30,55H,4,8-9,12,14-17,19-23H2,1-2H3,(H,53,54)/b5-3-/t30-,39+/m1/s1. The summed E-state index contributed by atoms with van der Waals surface area (Å²) in [5.41, 5.74) is -6.39. The van der Waals surface area contributed by atoms with Crippen LogP contribution >= 0.6 is 11.3 Å². The topological polar surface area (TPSA) is 139 Å². The summed E-state index contributed by atoms with van der Waals surface area (Å²) in [7, 11) is 0. The van der Waals surface area contributed by atoms with Crippen molar-refractivity contribution >= 4 is 29.1 Å². The molecule has 0 saturated carbocycles. The fourth-order valence-electron chi connectivity index (χ4n) is 7.76. The Kier molecular flexibility index (Phi) is 12.6. The lowest BCUT2D eigenvalue weighted by molar-refractivity contribution is -0.163. The molecule has 59 heavy (non-hydrogen) atoms. The molecule has 2 atom stereocenters. The predicted octanol–water partition coefficient (Wildman–Crippen LogP) is 8.11. The molecule has 5 heterocycles. The number of piperidine rings is 2. The van der Waals surface area contributed by atoms with Crippen LogP contribution in [0.4, 0.5) is 26.3 Å². The highest BCUT2D eigenvalue weighted by molar-refractivity contribution is 7.10. The van der Waals surface area contributed by atoms with E-state index in [9.17, 15) is 46.1 Å². The van der Waals surface area contributed by atoms with Crippen molar-refractivity contribution in [3.05, 3.63) is 81.7 Å². The van der Waals surface area contributed by atoms with Crippen molar-refractivity contribution in [3.63, 3.8) is 0 Å². The average Bonchev–Trinajstić information content (AvgIpc) is 3.66. The van der Waals surface area contributed by atoms with Crippen LogP contribution in [0.25, 0.3) is 0 Å². The number of carbonyl (C=O) groups is 3. The van der Waals surface area contributed by atoms with E-state index in [1.54, 1.807) is 50.3 Å². The molecule has 1 aromatic carbocycles. The fraction of sp³-hybridized carbons (Fsp3) is 0.512. The van der Waals surface area contributed by atoms with Crippen molar-refractivity contribution < 1.29 is 65.1 Å². The molecule has 3 aliphatic rings. The summed E-state index contributed by atoms with van der Waals surface area (Å²) in [6.07, 6.45) is -4.63. The molecule has 2 fully saturated rings. The van der Waals surface area contributed by atoms with Crippen molar-refractivity contribution in [3.8, 4) is 17.4 Å². The number of aromatic nitrogens is 1. The van der Waals surface area contributed by atoms with Gasteiger partial charge in [-0.05, 0) is 70.9 Å². The van der Waals surface area contributed by atoms with E-state index in [4.69, 9.17) is 14.2 Å². The zero-order valence-corrected chi connectivity index (χ0v) is 33.2. The van der Waals surface area contributed by atoms with Gasteiger partial charge in [0.25, 0.3) is 11.8 Å². The number of rotatable bonds is 9. The quantitative estimate of drug-likeness (QED) is 0.162. The highest BCUT2D eigenvalue weighted by atomic mass is 32.1. The summed E-state index contributed by atoms with van der Waals surface area (Å²) < 4.78 is 103. The van der Waals surface area contributed by atoms with E-state index in [0.717, 1.165) is 22.5 Å². The van der Waals surface area contributed by atoms with Crippen molar-refractivity contribution in [2.45, 2.75) is 94.8 Å². The summed E-state index contributed by atoms with van der Waals surface area (Å²) in [5.74, 6) is -3.33. The van der Waals surface area contributed by atoms with Gasteiger partial charge in [0.15, 0.2) is 0 Å². The number of carboxylic acids is 1. The molecule has 0 radical (unpaired) electrons. The van der Waals surface area contributed by atoms with Gasteiger partial charge >= 0.3 is 18.3 Å². The van der Waals surface area contributed by atoms with Crippen LogP contribution in [-0.4, -0.2) is 87.3 Å². The molecule has 11 nitrogen and oxygen atoms in total. The van der Waals surface area contributed by atoms with Crippen LogP contribution in [0.5, 0.6) is 17.4 Å². The minimum absolute atomic E-state index is 0.0228. The lowest BCUT2D eigenvalue weighted by Crippen LogP contribution is -2.68. The van der Waals surface area contributed by atoms with E-state index in [1.165, 1.54) is 4.90 Å². The number of thiophene rings is 1. The van der Waals surface area contributed by atoms with Gasteiger partial charge in [0, 0.05) is 49.3 Å². The number of halogens is 6. The molecular formula is C41H45F6N3O8S. The number of benzene rings is 1. The maximum atomic E-state index is 15.1. The second kappa shape index (κ2) is 17.0. The van der Waals surface area contributed by atoms with Crippen molar-refractivity contribution in [1.29, 1.82) is 0 Å². The number of allylic oxidation sites excluding steroid dienone is 1. The van der Waals surface area contributed by atoms with E-state index < -0.39 is 74.7 Å². The van der Waals surface area contributed by atoms with E-state index >= 15 is 4.79 Å². The van der Waals surface area contributed by atoms with Crippen LogP contribution in [0, 0.1) is 5.41 Å². The zero-order chi connectivity index (χ0) is 42.8. The third-order valence-corrected chi connectivity index (χ3v) is 12.1. The number of para-hydroxylation sites is 1. The number of hydrogen-bond donors (Lipinski definition) is 2. The predicted molar refractivity (Wildman–Crippen MR) is 202 cm³/mol. The van der Waals surface area contributed by atoms with E-state index in [2.05, 4.69) is 4.98 Å². The monoisotopic (exact) mass is 853 g/mol. The molecule has 0 spiro atoms. The smallest absolute Gasteiger partial charge is 0.425 e. The molecule has 18 heteroatoms. The van der Waals surface area contributed by atoms with Crippen LogP contribution in [0.15, 0.2) is 60.1 Å². The summed E-state index contributed by atoms with van der Waals surface area (Å²) in [4.78, 5) is 46.8. The van der Waals surface area contributed by atoms with Crippen molar-refractivity contribution in [2.24, 2.45) is 5.41 Å². The third-order valence-electron chi connectivity index (χ3n) is 11.2. The Morgan fingerprint density at radius 3 is 2.41 bits per heavy atom. The van der Waals surface area contributed by atoms with E-state index in [-0.39, 0.29) is 77.1 Å². The molecule has 3 aliphatic heterocycles. The molecule has 3 aromatic rings. The summed E-state index contributed by atoms with van der Waals surface area (Å²) in [6, 6.07) is 6.83. The van der Waals surface area contributed by atoms with Gasteiger partial charge in [-0.3, -0.25) is 14.4 Å². The molecule has 0 aliphatic carbocycles. The number of alkyl halides is 6. The SMILES string of the molecule is CC(C)(CCOc1ccccc1C1(O)CCN(C(=O)[C@]2(Oc3csc(C(F)(F)F)c3)CCCN3C(=O)c4c(C(F)(F)F)ccnc4OCCC/C=C\C[C@@H]32)CC1)C(=O)O. The Bertz CT molecular complexity index is 2040. The van der Waals surface area contributed by atoms with Crippen LogP contribution in [0.3, 0.4) is 0 Å². The zero-order valence-electron chi connectivity index (χ0n) is 32.4. The number of fused-ring (bicyclic) bond motifs is 2. The van der Waals surface area contributed by atoms with E-state index in [1.807, 2.05) is 0 Å². The lowest BCUT2D eigenvalue weighted by atomic mass is 9.78. The maximum Gasteiger partial charge on any atom is 0.425 e. The van der Waals surface area contributed by atoms with Gasteiger partial charge in [0.2, 0.25) is 11.5 Å². The molecule has 6 rings (SSSR count). The molecule has 2 saturated heterocycles. The lowest BCUT2D eigenvalue weighted by Gasteiger charge is -2.51. The molecule has 2 amide bonds. The number of carbonyl (C=O) groups excluding carboxylic acids is 2. The number of ether oxygens (including phenoxy) is 3. The largest absolute Gasteiger partial charge is 0.493 e. The normalized spacial score (nSPS) is 22.2. The van der Waals surface area contributed by atoms with Crippen LogP contribution in [-0.2, 0) is 27.5 Å². The summed E-state index contributed by atoms with van der Waals surface area (Å²) >= 11 is 0.349. The van der Waals surface area contributed by atoms with E-state index in [0.29, 0.717) is 41.6 Å². The van der Waals surface area contributed by atoms with Crippen LogP contribution < -0.4 is 14.2 Å². The molecule has 0 unspecified atom stereocenters. The molecule has 0 bridgehead atoms. The first-order valence-electron chi connectivity index (χ1n) is 19.2. The first kappa shape index (κ1) is 43.7. The number of hydrogen-bond acceptors (Lipinski definition) is 9. The van der Waals surface area contributed by atoms with Crippen LogP contribution in [0.2, 0.25) is 0 Å². The highest BCUT2D eigenvalue weighted by Gasteiger charge is 2.57. The average molecular weight is 854 g/mol. The molecule has 320 valence electrons. The fourth-order valence-corrected chi connectivity index (χ4v) is 8.44. The minimum atomic E-state index is -4.99. The first-order chi connectivity index (χ1) is 27.8. The highest BCUT2D eigenvalue weighted by Crippen LogP contribution is 2.45. The number of likely N-dealkylation sites (tertiary alicyclic amines) is 1. The Morgan fingerprint density at radius 2 is 1.73 bits per heavy atom. The van der Waals surface area contributed by atoms with Gasteiger partial charge in [-0.15, -0.1) is 11.3 Å². The summed E-state index contributed by atoms with van der Waals surface area (Å²) in [6.45, 7) is 2.88. The number of aliphatic hydroxyl groups is 1. The van der Waals surface area contributed by atoms with Crippen LogP contribution in [0.1, 0.15) is 91.6 Å². The number of carboxylic acid groups (broad SMARTS) is 1. The summed E-state index contributed by atoms with van der Waals surface area (Å²) in [5, 5.41) is 22.6. The van der Waals surface area contributed by atoms with Gasteiger partial charge in [0.05, 0.1) is 35.8 Å². The Morgan fingerprint density at radius 1 is 1.00 bits per heavy atom. The molecule has 2 N–H and O–H groups in total. The first-order valence-corrected chi connectivity index (χ1v) is 20.1. The van der Waals surface area contributed by atoms with Gasteiger partial charge < -0.3 is 34.2 Å². The second-order valence-electron chi connectivity index (χ2n) is 15.6. The third kappa shape index (κ3) is 9.32. The minimum Gasteiger partial charge on any atom is -0.493 e. The second-order valence-corrected chi connectivity index (χ2v) is 16.5. The Labute approximate surface area is 340 Å². The van der Waals surface area contributed by atoms with Crippen molar-refractivity contribution in [2.75, 3.05) is 32.8 Å². The number of pyridine rings is 1. The number of amides is 2. The van der Waals surface area contributed by atoms with Crippen molar-refractivity contribution in [1.82, 2.24) is 14.8 Å². The number of nitrogens with zero attached hydrogens (tertiary/aromatic N) is 3. The Hall–Kier alpha value is -4.84. The molecule has 2 aromatic heterocycles. The van der Waals surface area contributed by atoms with Gasteiger partial charge in [-0.1, -0.05) is 30.4 Å². The Balaban J connectivity index is 1.36.